The monoisotopic (exact) mass is 427 g/mol. The summed E-state index contributed by atoms with van der Waals surface area (Å²) in [7, 11) is 0. The first kappa shape index (κ1) is 20.0. The summed E-state index contributed by atoms with van der Waals surface area (Å²) in [4.78, 5) is 22.5. The normalized spacial score (nSPS) is 15.9. The Kier molecular flexibility index (Phi) is 4.97. The number of aromatic nitrogens is 4. The van der Waals surface area contributed by atoms with Crippen LogP contribution in [0.2, 0.25) is 0 Å². The lowest BCUT2D eigenvalue weighted by Crippen LogP contribution is -2.26. The van der Waals surface area contributed by atoms with Crippen molar-refractivity contribution >= 4 is 34.0 Å². The highest BCUT2D eigenvalue weighted by atomic mass is 16.2. The number of aryl methyl sites for hydroxylation is 1. The number of nitrogen functional groups attached to an aromatic ring is 1. The zero-order valence-corrected chi connectivity index (χ0v) is 18.1. The van der Waals surface area contributed by atoms with Gasteiger partial charge in [-0.15, -0.1) is 0 Å². The smallest absolute Gasteiger partial charge is 0.219 e. The molecule has 8 nitrogen and oxygen atoms in total. The molecule has 0 aliphatic carbocycles. The lowest BCUT2D eigenvalue weighted by atomic mass is 10.0. The van der Waals surface area contributed by atoms with Crippen LogP contribution in [0.25, 0.3) is 22.0 Å². The number of hydrogen-bond acceptors (Lipinski definition) is 6. The number of amides is 1. The summed E-state index contributed by atoms with van der Waals surface area (Å²) < 4.78 is 1.92. The maximum Gasteiger partial charge on any atom is 0.219 e. The molecule has 5 rings (SSSR count). The quantitative estimate of drug-likeness (QED) is 0.512. The minimum atomic E-state index is 0.109. The second-order valence-electron chi connectivity index (χ2n) is 8.24. The van der Waals surface area contributed by atoms with Gasteiger partial charge in [-0.3, -0.25) is 9.48 Å². The van der Waals surface area contributed by atoms with Crippen molar-refractivity contribution in [2.24, 2.45) is 0 Å². The van der Waals surface area contributed by atoms with Crippen molar-refractivity contribution in [1.82, 2.24) is 24.6 Å². The molecule has 3 aromatic heterocycles. The first-order valence-electron chi connectivity index (χ1n) is 10.7. The number of carbonyl (C=O) groups excluding carboxylic acids is 1. The van der Waals surface area contributed by atoms with Gasteiger partial charge in [-0.25, -0.2) is 9.97 Å². The highest BCUT2D eigenvalue weighted by Crippen LogP contribution is 2.30. The summed E-state index contributed by atoms with van der Waals surface area (Å²) >= 11 is 0. The summed E-state index contributed by atoms with van der Waals surface area (Å²) in [5.74, 6) is 1.27. The zero-order valence-electron chi connectivity index (χ0n) is 18.1. The number of likely N-dealkylation sites (tertiary alicyclic amines) is 1. The fraction of sp³-hybridized carbons (Fsp3) is 0.250. The molecule has 4 heterocycles. The van der Waals surface area contributed by atoms with E-state index in [-0.39, 0.29) is 11.9 Å². The molecule has 0 bridgehead atoms. The fourth-order valence-corrected chi connectivity index (χ4v) is 4.23. The van der Waals surface area contributed by atoms with Gasteiger partial charge < -0.3 is 16.0 Å². The standard InChI is InChI=1S/C24H25N7O/c1-15-5-3-4-6-20(15)22-9-17-10-23(26-12-21(17)24(25)29-22)28-18-11-27-31(13-18)19-7-8-30(14-19)16(2)32/h3-6,9-13,19H,7-8,14H2,1-2H3,(H2,25,29)(H,26,28)/t19-/m0/s1. The van der Waals surface area contributed by atoms with E-state index in [0.29, 0.717) is 18.2 Å². The molecule has 32 heavy (non-hydrogen) atoms. The number of nitrogens with one attached hydrogen (secondary N) is 1. The van der Waals surface area contributed by atoms with Gasteiger partial charge in [-0.2, -0.15) is 5.10 Å². The third-order valence-corrected chi connectivity index (χ3v) is 6.02. The van der Waals surface area contributed by atoms with E-state index in [1.54, 1.807) is 19.3 Å². The van der Waals surface area contributed by atoms with Crippen molar-refractivity contribution < 1.29 is 4.79 Å². The van der Waals surface area contributed by atoms with Crippen LogP contribution in [0.3, 0.4) is 0 Å². The predicted octanol–water partition coefficient (Wildman–Crippen LogP) is 3.92. The Balaban J connectivity index is 1.40. The summed E-state index contributed by atoms with van der Waals surface area (Å²) in [6.07, 6.45) is 6.39. The Morgan fingerprint density at radius 2 is 2.06 bits per heavy atom. The van der Waals surface area contributed by atoms with Gasteiger partial charge in [0.25, 0.3) is 0 Å². The summed E-state index contributed by atoms with van der Waals surface area (Å²) in [6, 6.07) is 12.3. The molecular formula is C24H25N7O. The van der Waals surface area contributed by atoms with E-state index in [1.807, 2.05) is 46.1 Å². The van der Waals surface area contributed by atoms with Gasteiger partial charge >= 0.3 is 0 Å². The molecule has 1 aliphatic heterocycles. The Morgan fingerprint density at radius 3 is 2.84 bits per heavy atom. The lowest BCUT2D eigenvalue weighted by Gasteiger charge is -2.14. The number of rotatable bonds is 4. The molecule has 1 aromatic carbocycles. The van der Waals surface area contributed by atoms with Crippen LogP contribution in [0, 0.1) is 6.92 Å². The van der Waals surface area contributed by atoms with Crippen LogP contribution in [0.15, 0.2) is 55.0 Å². The molecule has 3 N–H and O–H groups in total. The Morgan fingerprint density at radius 1 is 1.22 bits per heavy atom. The average Bonchev–Trinajstić information content (AvgIpc) is 3.43. The van der Waals surface area contributed by atoms with E-state index in [2.05, 4.69) is 33.4 Å². The lowest BCUT2D eigenvalue weighted by molar-refractivity contribution is -0.127. The molecular weight excluding hydrogens is 402 g/mol. The second-order valence-corrected chi connectivity index (χ2v) is 8.24. The third-order valence-electron chi connectivity index (χ3n) is 6.02. The third kappa shape index (κ3) is 3.75. The van der Waals surface area contributed by atoms with Gasteiger partial charge in [0, 0.05) is 43.4 Å². The largest absolute Gasteiger partial charge is 0.383 e. The number of benzene rings is 1. The van der Waals surface area contributed by atoms with Crippen molar-refractivity contribution in [3.63, 3.8) is 0 Å². The van der Waals surface area contributed by atoms with Gasteiger partial charge in [0.15, 0.2) is 0 Å². The minimum absolute atomic E-state index is 0.109. The molecule has 1 amide bonds. The van der Waals surface area contributed by atoms with Crippen LogP contribution in [0.4, 0.5) is 17.3 Å². The van der Waals surface area contributed by atoms with E-state index < -0.39 is 0 Å². The first-order chi connectivity index (χ1) is 15.5. The SMILES string of the molecule is CC(=O)N1CC[C@H](n2cc(Nc3cc4cc(-c5ccccc5C)nc(N)c4cn3)cn2)C1. The molecule has 162 valence electrons. The van der Waals surface area contributed by atoms with Crippen LogP contribution in [-0.4, -0.2) is 43.6 Å². The van der Waals surface area contributed by atoms with Crippen molar-refractivity contribution in [3.05, 3.63) is 60.6 Å². The number of fused-ring (bicyclic) bond motifs is 1. The van der Waals surface area contributed by atoms with E-state index in [1.165, 1.54) is 0 Å². The van der Waals surface area contributed by atoms with E-state index in [0.717, 1.165) is 46.2 Å². The zero-order chi connectivity index (χ0) is 22.2. The topological polar surface area (TPSA) is 102 Å². The maximum atomic E-state index is 11.6. The molecule has 8 heteroatoms. The minimum Gasteiger partial charge on any atom is -0.383 e. The Bertz CT molecular complexity index is 1310. The number of anilines is 3. The molecule has 0 spiro atoms. The molecule has 4 aromatic rings. The van der Waals surface area contributed by atoms with E-state index >= 15 is 0 Å². The molecule has 0 radical (unpaired) electrons. The molecule has 0 saturated carbocycles. The van der Waals surface area contributed by atoms with Crippen molar-refractivity contribution in [3.8, 4) is 11.3 Å². The van der Waals surface area contributed by atoms with Crippen LogP contribution < -0.4 is 11.1 Å². The van der Waals surface area contributed by atoms with Crippen molar-refractivity contribution in [2.45, 2.75) is 26.3 Å². The van der Waals surface area contributed by atoms with Gasteiger partial charge in [0.1, 0.15) is 11.6 Å². The van der Waals surface area contributed by atoms with Crippen LogP contribution in [0.5, 0.6) is 0 Å². The second kappa shape index (κ2) is 7.96. The highest BCUT2D eigenvalue weighted by molar-refractivity contribution is 5.94. The Labute approximate surface area is 186 Å². The van der Waals surface area contributed by atoms with E-state index in [4.69, 9.17) is 5.73 Å². The summed E-state index contributed by atoms with van der Waals surface area (Å²) in [5.41, 5.74) is 10.1. The predicted molar refractivity (Wildman–Crippen MR) is 126 cm³/mol. The van der Waals surface area contributed by atoms with Gasteiger partial charge in [0.2, 0.25) is 5.91 Å². The van der Waals surface area contributed by atoms with Crippen LogP contribution in [-0.2, 0) is 4.79 Å². The molecule has 1 saturated heterocycles. The highest BCUT2D eigenvalue weighted by Gasteiger charge is 2.26. The number of nitrogens with zero attached hydrogens (tertiary/aromatic N) is 5. The van der Waals surface area contributed by atoms with Gasteiger partial charge in [-0.1, -0.05) is 24.3 Å². The Hall–Kier alpha value is -3.94. The first-order valence-corrected chi connectivity index (χ1v) is 10.7. The molecule has 1 fully saturated rings. The number of hydrogen-bond donors (Lipinski definition) is 2. The van der Waals surface area contributed by atoms with E-state index in [9.17, 15) is 4.79 Å². The molecule has 1 aliphatic rings. The van der Waals surface area contributed by atoms with Crippen LogP contribution >= 0.6 is 0 Å². The van der Waals surface area contributed by atoms with Crippen molar-refractivity contribution in [1.29, 1.82) is 0 Å². The number of carbonyl (C=O) groups is 1. The maximum absolute atomic E-state index is 11.6. The fourth-order valence-electron chi connectivity index (χ4n) is 4.23. The van der Waals surface area contributed by atoms with Crippen LogP contribution in [0.1, 0.15) is 24.9 Å². The summed E-state index contributed by atoms with van der Waals surface area (Å²) in [6.45, 7) is 5.14. The molecule has 0 unspecified atom stereocenters. The molecule has 1 atom stereocenters. The van der Waals surface area contributed by atoms with Gasteiger partial charge in [0.05, 0.1) is 23.6 Å². The number of pyridine rings is 2. The van der Waals surface area contributed by atoms with Gasteiger partial charge in [-0.05, 0) is 36.4 Å². The average molecular weight is 428 g/mol. The van der Waals surface area contributed by atoms with Crippen molar-refractivity contribution in [2.75, 3.05) is 24.1 Å². The number of nitrogens with two attached hydrogens (primary N) is 1. The summed E-state index contributed by atoms with van der Waals surface area (Å²) in [5, 5.41) is 9.60.